The fraction of sp³-hybridized carbons (Fsp3) is 0.156. The molecule has 192 valence electrons. The van der Waals surface area contributed by atoms with Crippen LogP contribution in [0.3, 0.4) is 0 Å². The van der Waals surface area contributed by atoms with E-state index in [9.17, 15) is 14.0 Å². The topological polar surface area (TPSA) is 79.3 Å². The first-order valence-corrected chi connectivity index (χ1v) is 12.4. The van der Waals surface area contributed by atoms with Gasteiger partial charge < -0.3 is 10.4 Å². The number of anilines is 1. The summed E-state index contributed by atoms with van der Waals surface area (Å²) in [7, 11) is 0. The molecular formula is C32H29FN2O3. The van der Waals surface area contributed by atoms with Crippen molar-refractivity contribution in [3.05, 3.63) is 114 Å². The molecule has 1 heterocycles. The Morgan fingerprint density at radius 3 is 2.16 bits per heavy atom. The Morgan fingerprint density at radius 1 is 0.895 bits per heavy atom. The number of Topliss-reactive ketones (excluding diaryl/α,β-unsaturated/α-hetero) is 1. The van der Waals surface area contributed by atoms with Gasteiger partial charge in [-0.3, -0.25) is 14.6 Å². The minimum absolute atomic E-state index is 0.0388. The number of rotatable bonds is 11. The summed E-state index contributed by atoms with van der Waals surface area (Å²) >= 11 is 0. The third-order valence-corrected chi connectivity index (χ3v) is 6.30. The van der Waals surface area contributed by atoms with Crippen LogP contribution in [0.15, 0.2) is 91.6 Å². The van der Waals surface area contributed by atoms with E-state index in [0.29, 0.717) is 18.7 Å². The van der Waals surface area contributed by atoms with Crippen molar-refractivity contribution in [2.45, 2.75) is 32.7 Å². The van der Waals surface area contributed by atoms with E-state index < -0.39 is 5.97 Å². The zero-order chi connectivity index (χ0) is 27.1. The van der Waals surface area contributed by atoms with Crippen LogP contribution in [-0.4, -0.2) is 21.8 Å². The maximum atomic E-state index is 13.2. The standard InChI is InChI=1S/C32H29FN2O3/c1-21(2)24-6-7-25(19-34-28-15-10-23(11-16-28)22-8-13-27(33)14-9-22)29(18-24)26-12-17-30(35-20-26)31(36)4-3-5-32(37)38/h6-18,20,34H,1,3-5,19H2,2H3,(H,37,38). The minimum Gasteiger partial charge on any atom is -0.481 e. The van der Waals surface area contributed by atoms with Crippen LogP contribution < -0.4 is 5.32 Å². The quantitative estimate of drug-likeness (QED) is 0.204. The fourth-order valence-electron chi connectivity index (χ4n) is 4.13. The summed E-state index contributed by atoms with van der Waals surface area (Å²) in [4.78, 5) is 27.5. The number of nitrogens with one attached hydrogen (secondary N) is 1. The van der Waals surface area contributed by atoms with Gasteiger partial charge in [0.1, 0.15) is 11.5 Å². The van der Waals surface area contributed by atoms with Gasteiger partial charge in [-0.25, -0.2) is 4.39 Å². The first kappa shape index (κ1) is 26.5. The predicted octanol–water partition coefficient (Wildman–Crippen LogP) is 7.64. The Bertz CT molecular complexity index is 1440. The smallest absolute Gasteiger partial charge is 0.303 e. The highest BCUT2D eigenvalue weighted by molar-refractivity contribution is 5.94. The first-order chi connectivity index (χ1) is 18.3. The van der Waals surface area contributed by atoms with E-state index in [1.54, 1.807) is 24.4 Å². The fourth-order valence-corrected chi connectivity index (χ4v) is 4.13. The predicted molar refractivity (Wildman–Crippen MR) is 149 cm³/mol. The van der Waals surface area contributed by atoms with Crippen LogP contribution in [0.25, 0.3) is 27.8 Å². The second kappa shape index (κ2) is 12.1. The van der Waals surface area contributed by atoms with Crippen LogP contribution in [0.1, 0.15) is 47.8 Å². The van der Waals surface area contributed by atoms with Crippen molar-refractivity contribution >= 4 is 23.0 Å². The highest BCUT2D eigenvalue weighted by Crippen LogP contribution is 2.29. The molecule has 0 radical (unpaired) electrons. The number of ketones is 1. The van der Waals surface area contributed by atoms with Crippen LogP contribution in [0.4, 0.5) is 10.1 Å². The lowest BCUT2D eigenvalue weighted by Gasteiger charge is -2.14. The molecule has 0 saturated carbocycles. The summed E-state index contributed by atoms with van der Waals surface area (Å²) in [6.45, 7) is 6.58. The molecule has 5 nitrogen and oxygen atoms in total. The molecule has 0 saturated heterocycles. The van der Waals surface area contributed by atoms with Crippen molar-refractivity contribution in [1.29, 1.82) is 0 Å². The number of carbonyl (C=O) groups excluding carboxylic acids is 1. The van der Waals surface area contributed by atoms with Crippen LogP contribution in [0, 0.1) is 5.82 Å². The third-order valence-electron chi connectivity index (χ3n) is 6.30. The minimum atomic E-state index is -0.913. The van der Waals surface area contributed by atoms with Crippen LogP contribution >= 0.6 is 0 Å². The van der Waals surface area contributed by atoms with Crippen molar-refractivity contribution in [1.82, 2.24) is 4.98 Å². The lowest BCUT2D eigenvalue weighted by Crippen LogP contribution is -2.05. The van der Waals surface area contributed by atoms with Crippen LogP contribution in [0.2, 0.25) is 0 Å². The monoisotopic (exact) mass is 508 g/mol. The van der Waals surface area contributed by atoms with Gasteiger partial charge in [-0.1, -0.05) is 54.6 Å². The van der Waals surface area contributed by atoms with E-state index in [-0.39, 0.29) is 24.4 Å². The second-order valence-electron chi connectivity index (χ2n) is 9.19. The Labute approximate surface area is 221 Å². The molecule has 0 bridgehead atoms. The molecule has 0 aliphatic rings. The third kappa shape index (κ3) is 6.79. The Morgan fingerprint density at radius 2 is 1.55 bits per heavy atom. The number of carboxylic acids is 1. The number of hydrogen-bond donors (Lipinski definition) is 2. The molecule has 0 fully saturated rings. The van der Waals surface area contributed by atoms with Crippen LogP contribution in [0.5, 0.6) is 0 Å². The van der Waals surface area contributed by atoms with Gasteiger partial charge >= 0.3 is 5.97 Å². The summed E-state index contributed by atoms with van der Waals surface area (Å²) < 4.78 is 13.2. The lowest BCUT2D eigenvalue weighted by atomic mass is 9.95. The van der Waals surface area contributed by atoms with Gasteiger partial charge in [-0.15, -0.1) is 0 Å². The highest BCUT2D eigenvalue weighted by atomic mass is 19.1. The second-order valence-corrected chi connectivity index (χ2v) is 9.19. The van der Waals surface area contributed by atoms with Crippen molar-refractivity contribution in [3.8, 4) is 22.3 Å². The summed E-state index contributed by atoms with van der Waals surface area (Å²) in [6.07, 6.45) is 2.09. The number of benzene rings is 3. The average molecular weight is 509 g/mol. The Kier molecular flexibility index (Phi) is 8.44. The molecule has 0 unspecified atom stereocenters. The molecule has 6 heteroatoms. The van der Waals surface area contributed by atoms with Gasteiger partial charge in [0, 0.05) is 36.8 Å². The van der Waals surface area contributed by atoms with Crippen molar-refractivity contribution in [2.24, 2.45) is 0 Å². The SMILES string of the molecule is C=C(C)c1ccc(CNc2ccc(-c3ccc(F)cc3)cc2)c(-c2ccc(C(=O)CCCC(=O)O)nc2)c1. The lowest BCUT2D eigenvalue weighted by molar-refractivity contribution is -0.137. The van der Waals surface area contributed by atoms with Gasteiger partial charge in [-0.2, -0.15) is 0 Å². The molecule has 38 heavy (non-hydrogen) atoms. The summed E-state index contributed by atoms with van der Waals surface area (Å²) in [6, 6.07) is 24.1. The van der Waals surface area contributed by atoms with E-state index >= 15 is 0 Å². The molecule has 1 aromatic heterocycles. The van der Waals surface area contributed by atoms with Gasteiger partial charge in [0.2, 0.25) is 0 Å². The van der Waals surface area contributed by atoms with Gasteiger partial charge in [-0.05, 0) is 77.6 Å². The molecule has 0 spiro atoms. The summed E-state index contributed by atoms with van der Waals surface area (Å²) in [5, 5.41) is 12.2. The van der Waals surface area contributed by atoms with E-state index in [0.717, 1.165) is 44.6 Å². The number of nitrogens with zero attached hydrogens (tertiary/aromatic N) is 1. The molecule has 0 aliphatic heterocycles. The zero-order valence-corrected chi connectivity index (χ0v) is 21.2. The molecule has 0 atom stereocenters. The van der Waals surface area contributed by atoms with Gasteiger partial charge in [0.25, 0.3) is 0 Å². The van der Waals surface area contributed by atoms with Gasteiger partial charge in [0.05, 0.1) is 0 Å². The molecule has 4 rings (SSSR count). The molecule has 0 amide bonds. The highest BCUT2D eigenvalue weighted by Gasteiger charge is 2.12. The normalized spacial score (nSPS) is 10.7. The molecule has 4 aromatic rings. The zero-order valence-electron chi connectivity index (χ0n) is 21.2. The van der Waals surface area contributed by atoms with E-state index in [1.165, 1.54) is 12.1 Å². The first-order valence-electron chi connectivity index (χ1n) is 12.4. The molecule has 2 N–H and O–H groups in total. The van der Waals surface area contributed by atoms with E-state index in [2.05, 4.69) is 29.0 Å². The number of hydrogen-bond acceptors (Lipinski definition) is 4. The molecular weight excluding hydrogens is 479 g/mol. The number of carbonyl (C=O) groups is 2. The summed E-state index contributed by atoms with van der Waals surface area (Å²) in [5.41, 5.74) is 8.11. The largest absolute Gasteiger partial charge is 0.481 e. The number of halogens is 1. The summed E-state index contributed by atoms with van der Waals surface area (Å²) in [5.74, 6) is -1.34. The Balaban J connectivity index is 1.50. The van der Waals surface area contributed by atoms with E-state index in [1.807, 2.05) is 43.3 Å². The number of allylic oxidation sites excluding steroid dienone is 1. The van der Waals surface area contributed by atoms with Crippen molar-refractivity contribution in [2.75, 3.05) is 5.32 Å². The van der Waals surface area contributed by atoms with Crippen LogP contribution in [-0.2, 0) is 11.3 Å². The number of carboxylic acid groups (broad SMARTS) is 1. The van der Waals surface area contributed by atoms with Gasteiger partial charge in [0.15, 0.2) is 5.78 Å². The molecule has 3 aromatic carbocycles. The average Bonchev–Trinajstić information content (AvgIpc) is 2.92. The number of aliphatic carboxylic acids is 1. The molecule has 0 aliphatic carbocycles. The Hall–Kier alpha value is -4.58. The van der Waals surface area contributed by atoms with Crippen molar-refractivity contribution in [3.63, 3.8) is 0 Å². The number of pyridine rings is 1. The maximum Gasteiger partial charge on any atom is 0.303 e. The van der Waals surface area contributed by atoms with E-state index in [4.69, 9.17) is 5.11 Å². The number of aromatic nitrogens is 1. The van der Waals surface area contributed by atoms with Crippen molar-refractivity contribution < 1.29 is 19.1 Å². The maximum absolute atomic E-state index is 13.2.